The predicted octanol–water partition coefficient (Wildman–Crippen LogP) is 3.07. The van der Waals surface area contributed by atoms with Crippen molar-refractivity contribution in [2.24, 2.45) is 0 Å². The third kappa shape index (κ3) is 4.50. The molecule has 19 heavy (non-hydrogen) atoms. The van der Waals surface area contributed by atoms with Gasteiger partial charge in [0.1, 0.15) is 4.90 Å². The van der Waals surface area contributed by atoms with E-state index in [0.29, 0.717) is 5.56 Å². The first kappa shape index (κ1) is 16.0. The zero-order valence-corrected chi connectivity index (χ0v) is 12.6. The van der Waals surface area contributed by atoms with Crippen LogP contribution in [0.2, 0.25) is 5.02 Å². The summed E-state index contributed by atoms with van der Waals surface area (Å²) in [6.07, 6.45) is 2.76. The fraction of sp³-hybridized carbons (Fsp3) is 0.462. The van der Waals surface area contributed by atoms with Crippen LogP contribution in [0, 0.1) is 11.3 Å². The molecule has 1 N–H and O–H groups in total. The molecular weight excluding hydrogens is 284 g/mol. The lowest BCUT2D eigenvalue weighted by molar-refractivity contribution is 0.534. The number of rotatable bonds is 6. The summed E-state index contributed by atoms with van der Waals surface area (Å²) in [5.74, 6) is 0. The van der Waals surface area contributed by atoms with E-state index in [1.807, 2.05) is 13.0 Å². The zero-order valence-electron chi connectivity index (χ0n) is 11.0. The van der Waals surface area contributed by atoms with Crippen molar-refractivity contribution in [3.8, 4) is 6.07 Å². The van der Waals surface area contributed by atoms with E-state index >= 15 is 0 Å². The summed E-state index contributed by atoms with van der Waals surface area (Å²) < 4.78 is 26.9. The molecule has 104 valence electrons. The van der Waals surface area contributed by atoms with E-state index in [2.05, 4.69) is 11.6 Å². The molecule has 0 heterocycles. The number of sulfonamides is 1. The molecule has 0 amide bonds. The Bertz CT molecular complexity index is 579. The van der Waals surface area contributed by atoms with E-state index in [1.54, 1.807) is 0 Å². The van der Waals surface area contributed by atoms with E-state index in [0.717, 1.165) is 19.3 Å². The Morgan fingerprint density at radius 3 is 2.68 bits per heavy atom. The molecule has 0 radical (unpaired) electrons. The van der Waals surface area contributed by atoms with Crippen molar-refractivity contribution < 1.29 is 8.42 Å². The van der Waals surface area contributed by atoms with Crippen molar-refractivity contribution in [2.75, 3.05) is 0 Å². The highest BCUT2D eigenvalue weighted by Crippen LogP contribution is 2.22. The van der Waals surface area contributed by atoms with E-state index in [9.17, 15) is 8.42 Å². The Kier molecular flexibility index (Phi) is 5.80. The molecule has 0 bridgehead atoms. The number of nitrogens with zero attached hydrogens (tertiary/aromatic N) is 1. The molecule has 1 aromatic carbocycles. The van der Waals surface area contributed by atoms with Crippen molar-refractivity contribution in [2.45, 2.75) is 44.0 Å². The molecule has 1 unspecified atom stereocenters. The van der Waals surface area contributed by atoms with Gasteiger partial charge in [-0.2, -0.15) is 5.26 Å². The average Bonchev–Trinajstić information content (AvgIpc) is 2.35. The van der Waals surface area contributed by atoms with Gasteiger partial charge in [0.05, 0.1) is 16.7 Å². The topological polar surface area (TPSA) is 70.0 Å². The standard InChI is InChI=1S/C13H17ClN2O2S/c1-3-4-5-10(2)16-19(17,18)13-7-6-11(9-15)8-12(13)14/h6-8,10,16H,3-5H2,1-2H3. The number of nitriles is 1. The van der Waals surface area contributed by atoms with Gasteiger partial charge in [-0.05, 0) is 31.5 Å². The minimum absolute atomic E-state index is 0.0107. The van der Waals surface area contributed by atoms with Gasteiger partial charge in [0.2, 0.25) is 10.0 Å². The zero-order chi connectivity index (χ0) is 14.5. The van der Waals surface area contributed by atoms with Gasteiger partial charge in [-0.1, -0.05) is 31.4 Å². The number of hydrogen-bond acceptors (Lipinski definition) is 3. The van der Waals surface area contributed by atoms with Crippen LogP contribution >= 0.6 is 11.6 Å². The highest BCUT2D eigenvalue weighted by atomic mass is 35.5. The second kappa shape index (κ2) is 6.90. The van der Waals surface area contributed by atoms with Gasteiger partial charge in [0, 0.05) is 6.04 Å². The first-order valence-corrected chi connectivity index (χ1v) is 7.98. The lowest BCUT2D eigenvalue weighted by Crippen LogP contribution is -2.32. The van der Waals surface area contributed by atoms with Gasteiger partial charge in [-0.25, -0.2) is 13.1 Å². The molecule has 6 heteroatoms. The summed E-state index contributed by atoms with van der Waals surface area (Å²) in [5.41, 5.74) is 0.336. The summed E-state index contributed by atoms with van der Waals surface area (Å²) in [6.45, 7) is 3.88. The van der Waals surface area contributed by atoms with Crippen molar-refractivity contribution >= 4 is 21.6 Å². The molecule has 0 aliphatic carbocycles. The van der Waals surface area contributed by atoms with Crippen molar-refractivity contribution in [1.82, 2.24) is 4.72 Å². The SMILES string of the molecule is CCCCC(C)NS(=O)(=O)c1ccc(C#N)cc1Cl. The molecule has 0 saturated heterocycles. The van der Waals surface area contributed by atoms with Gasteiger partial charge in [0.15, 0.2) is 0 Å². The van der Waals surface area contributed by atoms with Crippen LogP contribution in [-0.4, -0.2) is 14.5 Å². The molecule has 4 nitrogen and oxygen atoms in total. The van der Waals surface area contributed by atoms with E-state index < -0.39 is 10.0 Å². The van der Waals surface area contributed by atoms with E-state index in [1.165, 1.54) is 18.2 Å². The molecule has 1 rings (SSSR count). The lowest BCUT2D eigenvalue weighted by atomic mass is 10.2. The summed E-state index contributed by atoms with van der Waals surface area (Å²) in [7, 11) is -3.64. The molecule has 1 aromatic rings. The number of hydrogen-bond donors (Lipinski definition) is 1. The third-order valence-electron chi connectivity index (χ3n) is 2.70. The van der Waals surface area contributed by atoms with Crippen molar-refractivity contribution in [3.05, 3.63) is 28.8 Å². The molecule has 0 aliphatic rings. The number of unbranched alkanes of at least 4 members (excludes halogenated alkanes) is 1. The van der Waals surface area contributed by atoms with Crippen LogP contribution in [0.5, 0.6) is 0 Å². The number of halogens is 1. The van der Waals surface area contributed by atoms with Crippen LogP contribution < -0.4 is 4.72 Å². The van der Waals surface area contributed by atoms with Crippen LogP contribution in [0.4, 0.5) is 0 Å². The highest BCUT2D eigenvalue weighted by Gasteiger charge is 2.20. The molecule has 1 atom stereocenters. The monoisotopic (exact) mass is 300 g/mol. The molecule has 0 fully saturated rings. The Morgan fingerprint density at radius 1 is 1.47 bits per heavy atom. The first-order valence-electron chi connectivity index (χ1n) is 6.12. The third-order valence-corrected chi connectivity index (χ3v) is 4.77. The summed E-state index contributed by atoms with van der Waals surface area (Å²) in [6, 6.07) is 5.93. The highest BCUT2D eigenvalue weighted by molar-refractivity contribution is 7.89. The normalized spacial score (nSPS) is 12.9. The second-order valence-corrected chi connectivity index (χ2v) is 6.51. The first-order chi connectivity index (χ1) is 8.90. The summed E-state index contributed by atoms with van der Waals surface area (Å²) in [5, 5.41) is 8.79. The van der Waals surface area contributed by atoms with Crippen LogP contribution in [0.3, 0.4) is 0 Å². The smallest absolute Gasteiger partial charge is 0.208 e. The fourth-order valence-corrected chi connectivity index (χ4v) is 3.51. The van der Waals surface area contributed by atoms with Crippen molar-refractivity contribution in [1.29, 1.82) is 5.26 Å². The Labute approximate surface area is 119 Å². The predicted molar refractivity (Wildman–Crippen MR) is 75.5 cm³/mol. The number of benzene rings is 1. The van der Waals surface area contributed by atoms with Gasteiger partial charge in [0.25, 0.3) is 0 Å². The Hall–Kier alpha value is -1.09. The van der Waals surface area contributed by atoms with Crippen LogP contribution in [0.25, 0.3) is 0 Å². The fourth-order valence-electron chi connectivity index (χ4n) is 1.69. The molecule has 0 aromatic heterocycles. The minimum atomic E-state index is -3.64. The second-order valence-electron chi connectivity index (χ2n) is 4.42. The molecule has 0 saturated carbocycles. The summed E-state index contributed by atoms with van der Waals surface area (Å²) in [4.78, 5) is 0.0107. The maximum Gasteiger partial charge on any atom is 0.242 e. The van der Waals surface area contributed by atoms with Crippen molar-refractivity contribution in [3.63, 3.8) is 0 Å². The maximum atomic E-state index is 12.1. The largest absolute Gasteiger partial charge is 0.242 e. The van der Waals surface area contributed by atoms with Gasteiger partial charge in [-0.3, -0.25) is 0 Å². The Balaban J connectivity index is 2.92. The quantitative estimate of drug-likeness (QED) is 0.877. The van der Waals surface area contributed by atoms with Gasteiger partial charge in [-0.15, -0.1) is 0 Å². The average molecular weight is 301 g/mol. The number of nitrogens with one attached hydrogen (secondary N) is 1. The molecule has 0 aliphatic heterocycles. The van der Waals surface area contributed by atoms with Crippen LogP contribution in [0.1, 0.15) is 38.7 Å². The maximum absolute atomic E-state index is 12.1. The Morgan fingerprint density at radius 2 is 2.16 bits per heavy atom. The summed E-state index contributed by atoms with van der Waals surface area (Å²) >= 11 is 5.91. The minimum Gasteiger partial charge on any atom is -0.208 e. The van der Waals surface area contributed by atoms with E-state index in [-0.39, 0.29) is 16.0 Å². The van der Waals surface area contributed by atoms with E-state index in [4.69, 9.17) is 16.9 Å². The molecular formula is C13H17ClN2O2S. The van der Waals surface area contributed by atoms with Gasteiger partial charge >= 0.3 is 0 Å². The van der Waals surface area contributed by atoms with Crippen LogP contribution in [-0.2, 0) is 10.0 Å². The molecule has 0 spiro atoms. The van der Waals surface area contributed by atoms with Gasteiger partial charge < -0.3 is 0 Å². The lowest BCUT2D eigenvalue weighted by Gasteiger charge is -2.14. The van der Waals surface area contributed by atoms with Crippen LogP contribution in [0.15, 0.2) is 23.1 Å².